The molecule has 1 fully saturated rings. The first kappa shape index (κ1) is 16.5. The molecule has 0 unspecified atom stereocenters. The van der Waals surface area contributed by atoms with Crippen LogP contribution in [-0.4, -0.2) is 26.0 Å². The van der Waals surface area contributed by atoms with Crippen LogP contribution in [0.4, 0.5) is 4.39 Å². The van der Waals surface area contributed by atoms with Crippen molar-refractivity contribution in [3.8, 4) is 0 Å². The largest absolute Gasteiger partial charge is 0.327 e. The van der Waals surface area contributed by atoms with Crippen LogP contribution in [0.25, 0.3) is 0 Å². The zero-order chi connectivity index (χ0) is 15.3. The molecule has 1 saturated carbocycles. The van der Waals surface area contributed by atoms with Gasteiger partial charge in [-0.3, -0.25) is 0 Å². The van der Waals surface area contributed by atoms with Crippen molar-refractivity contribution >= 4 is 21.6 Å². The van der Waals surface area contributed by atoms with Gasteiger partial charge in [-0.2, -0.15) is 0 Å². The number of sulfone groups is 1. The molecule has 1 aliphatic carbocycles. The van der Waals surface area contributed by atoms with E-state index in [4.69, 9.17) is 5.73 Å². The molecule has 0 saturated heterocycles. The molecule has 3 nitrogen and oxygen atoms in total. The molecule has 0 radical (unpaired) electrons. The van der Waals surface area contributed by atoms with Crippen molar-refractivity contribution in [3.63, 3.8) is 0 Å². The van der Waals surface area contributed by atoms with Gasteiger partial charge in [0.15, 0.2) is 9.84 Å². The second kappa shape index (κ2) is 7.42. The molecule has 2 N–H and O–H groups in total. The van der Waals surface area contributed by atoms with Gasteiger partial charge in [0, 0.05) is 17.2 Å². The second-order valence-corrected chi connectivity index (χ2v) is 8.38. The number of thioether (sulfide) groups is 1. The van der Waals surface area contributed by atoms with E-state index in [2.05, 4.69) is 0 Å². The Morgan fingerprint density at radius 1 is 1.29 bits per heavy atom. The van der Waals surface area contributed by atoms with Crippen LogP contribution in [0.3, 0.4) is 0 Å². The van der Waals surface area contributed by atoms with E-state index in [0.29, 0.717) is 4.90 Å². The smallest absolute Gasteiger partial charge is 0.181 e. The van der Waals surface area contributed by atoms with Gasteiger partial charge in [0.1, 0.15) is 5.83 Å². The van der Waals surface area contributed by atoms with Gasteiger partial charge in [0.2, 0.25) is 0 Å². The molecular weight excluding hydrogens is 309 g/mol. The maximum absolute atomic E-state index is 13.2. The third-order valence-electron chi connectivity index (χ3n) is 3.61. The highest BCUT2D eigenvalue weighted by Crippen LogP contribution is 2.30. The molecule has 21 heavy (non-hydrogen) atoms. The van der Waals surface area contributed by atoms with Crippen molar-refractivity contribution < 1.29 is 12.8 Å². The first-order valence-electron chi connectivity index (χ1n) is 7.05. The summed E-state index contributed by atoms with van der Waals surface area (Å²) < 4.78 is 38.0. The fourth-order valence-electron chi connectivity index (χ4n) is 2.46. The average molecular weight is 329 g/mol. The van der Waals surface area contributed by atoms with Crippen LogP contribution < -0.4 is 5.73 Å². The SMILES string of the molecule is NC/C=C(/F)CSc1ccc(S(=O)(=O)C2CCCC2)cc1. The lowest BCUT2D eigenvalue weighted by molar-refractivity contribution is 0.579. The minimum Gasteiger partial charge on any atom is -0.327 e. The van der Waals surface area contributed by atoms with Gasteiger partial charge >= 0.3 is 0 Å². The number of rotatable bonds is 6. The third-order valence-corrected chi connectivity index (χ3v) is 6.91. The first-order chi connectivity index (χ1) is 10.0. The van der Waals surface area contributed by atoms with Crippen LogP contribution >= 0.6 is 11.8 Å². The quantitative estimate of drug-likeness (QED) is 0.814. The number of benzene rings is 1. The summed E-state index contributed by atoms with van der Waals surface area (Å²) in [6.07, 6.45) is 4.84. The Hall–Kier alpha value is -0.850. The molecule has 1 aromatic rings. The van der Waals surface area contributed by atoms with Crippen molar-refractivity contribution in [1.29, 1.82) is 0 Å². The number of halogens is 1. The monoisotopic (exact) mass is 329 g/mol. The predicted octanol–water partition coefficient (Wildman–Crippen LogP) is 3.31. The normalized spacial score (nSPS) is 17.3. The van der Waals surface area contributed by atoms with Gasteiger partial charge in [-0.25, -0.2) is 12.8 Å². The maximum atomic E-state index is 13.2. The minimum absolute atomic E-state index is 0.185. The summed E-state index contributed by atoms with van der Waals surface area (Å²) in [6.45, 7) is 0.185. The summed E-state index contributed by atoms with van der Waals surface area (Å²) >= 11 is 1.33. The van der Waals surface area contributed by atoms with Gasteiger partial charge < -0.3 is 5.73 Å². The van der Waals surface area contributed by atoms with Gasteiger partial charge in [-0.15, -0.1) is 11.8 Å². The Labute approximate surface area is 129 Å². The van der Waals surface area contributed by atoms with E-state index in [1.54, 1.807) is 24.3 Å². The van der Waals surface area contributed by atoms with E-state index < -0.39 is 9.84 Å². The van der Waals surface area contributed by atoms with Crippen LogP contribution in [-0.2, 0) is 9.84 Å². The highest BCUT2D eigenvalue weighted by Gasteiger charge is 2.29. The van der Waals surface area contributed by atoms with E-state index in [1.807, 2.05) is 0 Å². The fourth-order valence-corrected chi connectivity index (χ4v) is 5.06. The van der Waals surface area contributed by atoms with Crippen molar-refractivity contribution in [3.05, 3.63) is 36.2 Å². The second-order valence-electron chi connectivity index (χ2n) is 5.10. The molecule has 0 aliphatic heterocycles. The summed E-state index contributed by atoms with van der Waals surface area (Å²) in [5, 5.41) is -0.235. The lowest BCUT2D eigenvalue weighted by Crippen LogP contribution is -2.17. The summed E-state index contributed by atoms with van der Waals surface area (Å²) in [7, 11) is -3.21. The topological polar surface area (TPSA) is 60.2 Å². The Morgan fingerprint density at radius 2 is 1.90 bits per heavy atom. The van der Waals surface area contributed by atoms with Crippen molar-refractivity contribution in [2.75, 3.05) is 12.3 Å². The van der Waals surface area contributed by atoms with Gasteiger partial charge in [-0.1, -0.05) is 12.8 Å². The Morgan fingerprint density at radius 3 is 2.48 bits per heavy atom. The molecule has 0 amide bonds. The zero-order valence-electron chi connectivity index (χ0n) is 11.8. The Kier molecular flexibility index (Phi) is 5.84. The van der Waals surface area contributed by atoms with Crippen molar-refractivity contribution in [1.82, 2.24) is 0 Å². The first-order valence-corrected chi connectivity index (χ1v) is 9.58. The Balaban J connectivity index is 2.03. The molecule has 6 heteroatoms. The zero-order valence-corrected chi connectivity index (χ0v) is 13.4. The number of nitrogens with two attached hydrogens (primary N) is 1. The highest BCUT2D eigenvalue weighted by atomic mass is 32.2. The third kappa shape index (κ3) is 4.31. The molecule has 0 atom stereocenters. The summed E-state index contributed by atoms with van der Waals surface area (Å²) in [4.78, 5) is 1.22. The van der Waals surface area contributed by atoms with Crippen molar-refractivity contribution in [2.45, 2.75) is 40.7 Å². The average Bonchev–Trinajstić information content (AvgIpc) is 3.01. The molecular formula is C15H20FNO2S2. The molecule has 0 heterocycles. The maximum Gasteiger partial charge on any atom is 0.181 e. The Bertz CT molecular complexity index is 591. The molecule has 2 rings (SSSR count). The molecule has 1 aliphatic rings. The van der Waals surface area contributed by atoms with E-state index >= 15 is 0 Å². The lowest BCUT2D eigenvalue weighted by Gasteiger charge is -2.11. The lowest BCUT2D eigenvalue weighted by atomic mass is 10.4. The predicted molar refractivity (Wildman–Crippen MR) is 84.9 cm³/mol. The number of hydrogen-bond donors (Lipinski definition) is 1. The molecule has 0 bridgehead atoms. The fraction of sp³-hybridized carbons (Fsp3) is 0.467. The number of hydrogen-bond acceptors (Lipinski definition) is 4. The summed E-state index contributed by atoms with van der Waals surface area (Å²) in [5.74, 6) is -0.0449. The van der Waals surface area contributed by atoms with E-state index in [0.717, 1.165) is 30.6 Å². The molecule has 0 spiro atoms. The van der Waals surface area contributed by atoms with Crippen LogP contribution in [0, 0.1) is 0 Å². The van der Waals surface area contributed by atoms with E-state index in [9.17, 15) is 12.8 Å². The highest BCUT2D eigenvalue weighted by molar-refractivity contribution is 7.99. The van der Waals surface area contributed by atoms with E-state index in [-0.39, 0.29) is 23.4 Å². The van der Waals surface area contributed by atoms with Gasteiger partial charge in [-0.05, 0) is 43.2 Å². The summed E-state index contributed by atoms with van der Waals surface area (Å²) in [5.41, 5.74) is 5.23. The van der Waals surface area contributed by atoms with Gasteiger partial charge in [0.05, 0.1) is 10.1 Å². The summed E-state index contributed by atoms with van der Waals surface area (Å²) in [6, 6.07) is 6.73. The molecule has 0 aromatic heterocycles. The minimum atomic E-state index is -3.21. The van der Waals surface area contributed by atoms with E-state index in [1.165, 1.54) is 17.8 Å². The van der Waals surface area contributed by atoms with Crippen LogP contribution in [0.5, 0.6) is 0 Å². The molecule has 1 aromatic carbocycles. The molecule has 116 valence electrons. The van der Waals surface area contributed by atoms with Crippen molar-refractivity contribution in [2.24, 2.45) is 5.73 Å². The van der Waals surface area contributed by atoms with Crippen LogP contribution in [0.2, 0.25) is 0 Å². The van der Waals surface area contributed by atoms with Crippen LogP contribution in [0.1, 0.15) is 25.7 Å². The standard InChI is InChI=1S/C15H20FNO2S2/c16-12(9-10-17)11-20-13-5-7-15(8-6-13)21(18,19)14-3-1-2-4-14/h5-9,14H,1-4,10-11,17H2/b12-9+. The van der Waals surface area contributed by atoms with Crippen LogP contribution in [0.15, 0.2) is 46.0 Å². The van der Waals surface area contributed by atoms with Gasteiger partial charge in [0.25, 0.3) is 0 Å².